The van der Waals surface area contributed by atoms with Crippen LogP contribution in [-0.4, -0.2) is 36.7 Å². The number of hydrogen-bond acceptors (Lipinski definition) is 7. The van der Waals surface area contributed by atoms with E-state index in [0.29, 0.717) is 17.8 Å². The molecule has 27 heavy (non-hydrogen) atoms. The highest BCUT2D eigenvalue weighted by atomic mass is 32.2. The van der Waals surface area contributed by atoms with E-state index in [4.69, 9.17) is 4.52 Å². The number of nitrogens with zero attached hydrogens (tertiary/aromatic N) is 2. The smallest absolute Gasteiger partial charge is 0.295 e. The Morgan fingerprint density at radius 3 is 2.63 bits per heavy atom. The number of hydrogen-bond donors (Lipinski definition) is 1. The summed E-state index contributed by atoms with van der Waals surface area (Å²) in [6.07, 6.45) is 1.61. The molecule has 3 rings (SSSR count). The first-order valence-electron chi connectivity index (χ1n) is 8.00. The van der Waals surface area contributed by atoms with Gasteiger partial charge in [-0.05, 0) is 23.4 Å². The van der Waals surface area contributed by atoms with Gasteiger partial charge in [0.05, 0.1) is 17.7 Å². The van der Waals surface area contributed by atoms with Gasteiger partial charge in [-0.25, -0.2) is 22.5 Å². The molecule has 2 aromatic heterocycles. The molecule has 10 heteroatoms. The number of rotatable bonds is 8. The van der Waals surface area contributed by atoms with Crippen LogP contribution in [0, 0.1) is 0 Å². The standard InChI is InChI=1S/C17H17N3O5S2/c1-27(23,24)18-9-8-12-4-6-13(7-5-12)14(21)11-20-16(19-25-17(20)22)15-3-2-10-26-15/h2-7,10,18H,8-9,11H2,1H3. The summed E-state index contributed by atoms with van der Waals surface area (Å²) in [6.45, 7) is 0.108. The molecule has 0 unspecified atom stereocenters. The zero-order valence-corrected chi connectivity index (χ0v) is 16.0. The van der Waals surface area contributed by atoms with Gasteiger partial charge < -0.3 is 0 Å². The van der Waals surface area contributed by atoms with Crippen LogP contribution in [0.4, 0.5) is 0 Å². The highest BCUT2D eigenvalue weighted by Gasteiger charge is 2.17. The van der Waals surface area contributed by atoms with Crippen molar-refractivity contribution in [3.8, 4) is 10.7 Å². The molecule has 2 heterocycles. The maximum absolute atomic E-state index is 12.5. The molecule has 0 aliphatic carbocycles. The molecule has 0 bridgehead atoms. The number of carbonyl (C=O) groups is 1. The van der Waals surface area contributed by atoms with Gasteiger partial charge >= 0.3 is 5.76 Å². The minimum atomic E-state index is -3.22. The Morgan fingerprint density at radius 2 is 2.00 bits per heavy atom. The SMILES string of the molecule is CS(=O)(=O)NCCc1ccc(C(=O)Cn2c(-c3cccs3)noc2=O)cc1. The number of nitrogens with one attached hydrogen (secondary N) is 1. The lowest BCUT2D eigenvalue weighted by molar-refractivity contribution is 0.0969. The lowest BCUT2D eigenvalue weighted by atomic mass is 10.1. The van der Waals surface area contributed by atoms with E-state index in [1.807, 2.05) is 11.4 Å². The Balaban J connectivity index is 1.69. The molecular weight excluding hydrogens is 390 g/mol. The van der Waals surface area contributed by atoms with Crippen LogP contribution in [0.15, 0.2) is 51.1 Å². The summed E-state index contributed by atoms with van der Waals surface area (Å²) >= 11 is 1.40. The third-order valence-electron chi connectivity index (χ3n) is 3.78. The minimum absolute atomic E-state index is 0.176. The van der Waals surface area contributed by atoms with Gasteiger partial charge in [0.15, 0.2) is 11.6 Å². The van der Waals surface area contributed by atoms with E-state index in [9.17, 15) is 18.0 Å². The number of thiophene rings is 1. The molecule has 1 N–H and O–H groups in total. The lowest BCUT2D eigenvalue weighted by Gasteiger charge is -2.06. The molecule has 0 saturated carbocycles. The van der Waals surface area contributed by atoms with Crippen LogP contribution in [0.25, 0.3) is 10.7 Å². The van der Waals surface area contributed by atoms with E-state index in [1.165, 1.54) is 15.9 Å². The summed E-state index contributed by atoms with van der Waals surface area (Å²) in [5, 5.41) is 5.60. The van der Waals surface area contributed by atoms with E-state index < -0.39 is 15.8 Å². The maximum Gasteiger partial charge on any atom is 0.442 e. The average Bonchev–Trinajstić information content (AvgIpc) is 3.25. The number of Topliss-reactive ketones (excluding diaryl/α,β-unsaturated/α-hetero) is 1. The van der Waals surface area contributed by atoms with Gasteiger partial charge in [0.1, 0.15) is 0 Å². The van der Waals surface area contributed by atoms with Crippen molar-refractivity contribution >= 4 is 27.1 Å². The maximum atomic E-state index is 12.5. The van der Waals surface area contributed by atoms with Gasteiger partial charge in [-0.1, -0.05) is 35.5 Å². The fraction of sp³-hybridized carbons (Fsp3) is 0.235. The summed E-state index contributed by atoms with van der Waals surface area (Å²) in [6, 6.07) is 10.4. The van der Waals surface area contributed by atoms with Crippen molar-refractivity contribution in [2.45, 2.75) is 13.0 Å². The van der Waals surface area contributed by atoms with Crippen LogP contribution in [-0.2, 0) is 23.0 Å². The normalized spacial score (nSPS) is 11.6. The molecule has 0 amide bonds. The molecule has 0 aliphatic rings. The quantitative estimate of drug-likeness (QED) is 0.567. The largest absolute Gasteiger partial charge is 0.442 e. The highest BCUT2D eigenvalue weighted by molar-refractivity contribution is 7.88. The number of carbonyl (C=O) groups excluding carboxylic acids is 1. The van der Waals surface area contributed by atoms with Crippen molar-refractivity contribution in [2.75, 3.05) is 12.8 Å². The Kier molecular flexibility index (Phi) is 5.68. The van der Waals surface area contributed by atoms with Crippen LogP contribution >= 0.6 is 11.3 Å². The fourth-order valence-corrected chi connectivity index (χ4v) is 3.65. The molecule has 142 valence electrons. The molecule has 0 atom stereocenters. The van der Waals surface area contributed by atoms with E-state index in [-0.39, 0.29) is 18.9 Å². The summed E-state index contributed by atoms with van der Waals surface area (Å²) in [5.74, 6) is -0.610. The molecule has 3 aromatic rings. The molecule has 0 saturated heterocycles. The van der Waals surface area contributed by atoms with Crippen molar-refractivity contribution in [3.05, 3.63) is 63.5 Å². The number of ketones is 1. The number of benzene rings is 1. The first-order valence-corrected chi connectivity index (χ1v) is 10.8. The van der Waals surface area contributed by atoms with Crippen LogP contribution < -0.4 is 10.5 Å². The van der Waals surface area contributed by atoms with E-state index in [0.717, 1.165) is 16.7 Å². The summed E-state index contributed by atoms with van der Waals surface area (Å²) < 4.78 is 30.4. The van der Waals surface area contributed by atoms with Crippen molar-refractivity contribution in [3.63, 3.8) is 0 Å². The second-order valence-corrected chi connectivity index (χ2v) is 8.65. The van der Waals surface area contributed by atoms with Crippen LogP contribution in [0.5, 0.6) is 0 Å². The van der Waals surface area contributed by atoms with Crippen molar-refractivity contribution in [1.29, 1.82) is 0 Å². The van der Waals surface area contributed by atoms with Gasteiger partial charge in [-0.2, -0.15) is 0 Å². The monoisotopic (exact) mass is 407 g/mol. The van der Waals surface area contributed by atoms with Crippen LogP contribution in [0.1, 0.15) is 15.9 Å². The zero-order valence-electron chi connectivity index (χ0n) is 14.4. The summed E-state index contributed by atoms with van der Waals surface area (Å²) in [4.78, 5) is 25.1. The van der Waals surface area contributed by atoms with Crippen molar-refractivity contribution in [2.24, 2.45) is 0 Å². The van der Waals surface area contributed by atoms with Gasteiger partial charge in [-0.15, -0.1) is 11.3 Å². The molecule has 0 spiro atoms. The average molecular weight is 407 g/mol. The molecule has 1 aromatic carbocycles. The topological polar surface area (TPSA) is 111 Å². The Hall–Kier alpha value is -2.56. The Bertz CT molecular complexity index is 1080. The second-order valence-electron chi connectivity index (χ2n) is 5.87. The minimum Gasteiger partial charge on any atom is -0.295 e. The predicted octanol–water partition coefficient (Wildman–Crippen LogP) is 1.54. The Morgan fingerprint density at radius 1 is 1.26 bits per heavy atom. The number of sulfonamides is 1. The zero-order chi connectivity index (χ0) is 19.4. The predicted molar refractivity (Wildman–Crippen MR) is 101 cm³/mol. The molecule has 0 fully saturated rings. The van der Waals surface area contributed by atoms with E-state index in [1.54, 1.807) is 30.3 Å². The summed E-state index contributed by atoms with van der Waals surface area (Å²) in [7, 11) is -3.22. The molecule has 0 aliphatic heterocycles. The third-order valence-corrected chi connectivity index (χ3v) is 5.38. The highest BCUT2D eigenvalue weighted by Crippen LogP contribution is 2.21. The second kappa shape index (κ2) is 7.99. The van der Waals surface area contributed by atoms with Gasteiger partial charge in [0.2, 0.25) is 10.0 Å². The van der Waals surface area contributed by atoms with Crippen molar-refractivity contribution < 1.29 is 17.7 Å². The van der Waals surface area contributed by atoms with Gasteiger partial charge in [-0.3, -0.25) is 9.32 Å². The summed E-state index contributed by atoms with van der Waals surface area (Å²) in [5.41, 5.74) is 1.34. The molecule has 8 nitrogen and oxygen atoms in total. The lowest BCUT2D eigenvalue weighted by Crippen LogP contribution is -2.24. The molecule has 0 radical (unpaired) electrons. The van der Waals surface area contributed by atoms with E-state index in [2.05, 4.69) is 9.88 Å². The van der Waals surface area contributed by atoms with Crippen molar-refractivity contribution in [1.82, 2.24) is 14.4 Å². The Labute approximate surface area is 159 Å². The van der Waals surface area contributed by atoms with Gasteiger partial charge in [0.25, 0.3) is 0 Å². The first-order chi connectivity index (χ1) is 12.8. The van der Waals surface area contributed by atoms with Crippen LogP contribution in [0.3, 0.4) is 0 Å². The molecular formula is C17H17N3O5S2. The first kappa shape index (κ1) is 19.2. The van der Waals surface area contributed by atoms with E-state index >= 15 is 0 Å². The number of aromatic nitrogens is 2. The fourth-order valence-electron chi connectivity index (χ4n) is 2.46. The van der Waals surface area contributed by atoms with Crippen LogP contribution in [0.2, 0.25) is 0 Å². The van der Waals surface area contributed by atoms with Gasteiger partial charge in [0, 0.05) is 12.1 Å². The third kappa shape index (κ3) is 5.00.